The van der Waals surface area contributed by atoms with Crippen LogP contribution in [0.4, 0.5) is 0 Å². The fraction of sp³-hybridized carbons (Fsp3) is 0.286. The van der Waals surface area contributed by atoms with E-state index in [1.165, 1.54) is 0 Å². The van der Waals surface area contributed by atoms with Crippen molar-refractivity contribution < 1.29 is 14.1 Å². The molecule has 6 heteroatoms. The normalized spacial score (nSPS) is 10.3. The summed E-state index contributed by atoms with van der Waals surface area (Å²) in [6.07, 6.45) is 0. The molecule has 0 aliphatic carbocycles. The van der Waals surface area contributed by atoms with E-state index < -0.39 is 0 Å². The van der Waals surface area contributed by atoms with Crippen LogP contribution in [0.3, 0.4) is 0 Å². The molecule has 1 amide bonds. The fourth-order valence-electron chi connectivity index (χ4n) is 1.70. The number of carbonyl (C=O) groups excluding carboxylic acids is 1. The molecule has 106 valence electrons. The van der Waals surface area contributed by atoms with Gasteiger partial charge in [-0.2, -0.15) is 0 Å². The summed E-state index contributed by atoms with van der Waals surface area (Å²) in [4.78, 5) is 11.8. The number of nitrogens with one attached hydrogen (secondary N) is 1. The molecule has 0 atom stereocenters. The summed E-state index contributed by atoms with van der Waals surface area (Å²) in [7, 11) is 0. The molecule has 0 saturated carbocycles. The molecular formula is C14H15ClN2O3. The number of hydrogen-bond acceptors (Lipinski definition) is 4. The van der Waals surface area contributed by atoms with Gasteiger partial charge in [0.05, 0.1) is 10.6 Å². The zero-order valence-electron chi connectivity index (χ0n) is 11.3. The number of benzene rings is 1. The maximum absolute atomic E-state index is 11.8. The average molecular weight is 295 g/mol. The van der Waals surface area contributed by atoms with E-state index in [4.69, 9.17) is 20.9 Å². The number of para-hydroxylation sites is 1. The smallest absolute Gasteiger partial charge is 0.273 e. The Bertz CT molecular complexity index is 610. The highest BCUT2D eigenvalue weighted by atomic mass is 35.5. The molecule has 20 heavy (non-hydrogen) atoms. The Balaban J connectivity index is 2.15. The van der Waals surface area contributed by atoms with Crippen molar-refractivity contribution in [3.05, 3.63) is 46.3 Å². The maximum Gasteiger partial charge on any atom is 0.273 e. The van der Waals surface area contributed by atoms with Gasteiger partial charge >= 0.3 is 0 Å². The van der Waals surface area contributed by atoms with E-state index in [0.29, 0.717) is 28.6 Å². The van der Waals surface area contributed by atoms with Crippen LogP contribution in [-0.4, -0.2) is 17.6 Å². The molecule has 0 bridgehead atoms. The third-order valence-corrected chi connectivity index (χ3v) is 3.06. The number of halogens is 1. The third kappa shape index (κ3) is 3.11. The van der Waals surface area contributed by atoms with Gasteiger partial charge in [0.15, 0.2) is 5.69 Å². The number of nitrogens with zero attached hydrogens (tertiary/aromatic N) is 1. The van der Waals surface area contributed by atoms with Crippen molar-refractivity contribution in [1.82, 2.24) is 10.5 Å². The van der Waals surface area contributed by atoms with Crippen molar-refractivity contribution in [1.29, 1.82) is 0 Å². The van der Waals surface area contributed by atoms with Crippen molar-refractivity contribution in [2.45, 2.75) is 20.5 Å². The summed E-state index contributed by atoms with van der Waals surface area (Å²) in [6.45, 7) is 4.27. The lowest BCUT2D eigenvalue weighted by Crippen LogP contribution is -2.24. The molecule has 0 aliphatic rings. The first-order valence-electron chi connectivity index (χ1n) is 6.24. The molecule has 2 aromatic rings. The first-order chi connectivity index (χ1) is 9.63. The lowest BCUT2D eigenvalue weighted by molar-refractivity contribution is 0.0944. The Kier molecular flexibility index (Phi) is 4.63. The van der Waals surface area contributed by atoms with Crippen LogP contribution in [0.2, 0.25) is 5.02 Å². The Morgan fingerprint density at radius 1 is 1.45 bits per heavy atom. The highest BCUT2D eigenvalue weighted by Crippen LogP contribution is 2.25. The minimum Gasteiger partial charge on any atom is -0.487 e. The number of carbonyl (C=O) groups is 1. The zero-order valence-corrected chi connectivity index (χ0v) is 12.0. The monoisotopic (exact) mass is 294 g/mol. The lowest BCUT2D eigenvalue weighted by Gasteiger charge is -2.08. The first kappa shape index (κ1) is 14.4. The van der Waals surface area contributed by atoms with Crippen molar-refractivity contribution in [2.75, 3.05) is 6.54 Å². The third-order valence-electron chi connectivity index (χ3n) is 2.75. The second-order valence-electron chi connectivity index (χ2n) is 4.14. The molecule has 5 nitrogen and oxygen atoms in total. The minimum absolute atomic E-state index is 0.172. The van der Waals surface area contributed by atoms with Gasteiger partial charge in [-0.25, -0.2) is 0 Å². The summed E-state index contributed by atoms with van der Waals surface area (Å²) < 4.78 is 10.7. The quantitative estimate of drug-likeness (QED) is 0.921. The molecular weight excluding hydrogens is 280 g/mol. The zero-order chi connectivity index (χ0) is 14.5. The average Bonchev–Trinajstić information content (AvgIpc) is 2.79. The van der Waals surface area contributed by atoms with Crippen LogP contribution < -0.4 is 10.1 Å². The van der Waals surface area contributed by atoms with Crippen LogP contribution in [-0.2, 0) is 6.61 Å². The SMILES string of the molecule is CCNC(=O)c1noc(C)c1COc1ccccc1Cl. The van der Waals surface area contributed by atoms with Gasteiger partial charge < -0.3 is 14.6 Å². The molecule has 0 fully saturated rings. The number of ether oxygens (including phenoxy) is 1. The molecule has 0 aliphatic heterocycles. The molecule has 1 N–H and O–H groups in total. The fourth-order valence-corrected chi connectivity index (χ4v) is 1.89. The van der Waals surface area contributed by atoms with Gasteiger partial charge in [0.1, 0.15) is 18.1 Å². The standard InChI is InChI=1S/C14H15ClN2O3/c1-3-16-14(18)13-10(9(2)20-17-13)8-19-12-7-5-4-6-11(12)15/h4-7H,3,8H2,1-2H3,(H,16,18). The van der Waals surface area contributed by atoms with E-state index in [9.17, 15) is 4.79 Å². The maximum atomic E-state index is 11.8. The molecule has 1 heterocycles. The van der Waals surface area contributed by atoms with Gasteiger partial charge in [-0.1, -0.05) is 28.9 Å². The number of aryl methyl sites for hydroxylation is 1. The van der Waals surface area contributed by atoms with Crippen LogP contribution in [0.5, 0.6) is 5.75 Å². The van der Waals surface area contributed by atoms with Gasteiger partial charge in [0.2, 0.25) is 0 Å². The lowest BCUT2D eigenvalue weighted by atomic mass is 10.2. The first-order valence-corrected chi connectivity index (χ1v) is 6.62. The van der Waals surface area contributed by atoms with Gasteiger partial charge in [-0.05, 0) is 26.0 Å². The topological polar surface area (TPSA) is 64.4 Å². The van der Waals surface area contributed by atoms with E-state index in [0.717, 1.165) is 0 Å². The van der Waals surface area contributed by atoms with E-state index in [1.54, 1.807) is 19.1 Å². The summed E-state index contributed by atoms with van der Waals surface area (Å²) in [6, 6.07) is 7.14. The van der Waals surface area contributed by atoms with Crippen LogP contribution >= 0.6 is 11.6 Å². The minimum atomic E-state index is -0.276. The summed E-state index contributed by atoms with van der Waals surface area (Å²) in [5.41, 5.74) is 0.868. The Morgan fingerprint density at radius 2 is 2.20 bits per heavy atom. The number of hydrogen-bond donors (Lipinski definition) is 1. The number of rotatable bonds is 5. The Labute approximate surface area is 121 Å². The van der Waals surface area contributed by atoms with Crippen LogP contribution in [0.25, 0.3) is 0 Å². The van der Waals surface area contributed by atoms with E-state index >= 15 is 0 Å². The van der Waals surface area contributed by atoms with Crippen molar-refractivity contribution in [3.63, 3.8) is 0 Å². The van der Waals surface area contributed by atoms with Gasteiger partial charge in [0, 0.05) is 6.54 Å². The van der Waals surface area contributed by atoms with E-state index in [1.807, 2.05) is 19.1 Å². The molecule has 0 saturated heterocycles. The Morgan fingerprint density at radius 3 is 2.90 bits per heavy atom. The van der Waals surface area contributed by atoms with Gasteiger partial charge in [0.25, 0.3) is 5.91 Å². The van der Waals surface area contributed by atoms with Crippen LogP contribution in [0, 0.1) is 6.92 Å². The van der Waals surface area contributed by atoms with Crippen LogP contribution in [0.15, 0.2) is 28.8 Å². The van der Waals surface area contributed by atoms with Gasteiger partial charge in [-0.15, -0.1) is 0 Å². The van der Waals surface area contributed by atoms with E-state index in [-0.39, 0.29) is 18.2 Å². The number of amides is 1. The summed E-state index contributed by atoms with van der Waals surface area (Å²) in [5.74, 6) is 0.831. The molecule has 0 spiro atoms. The highest BCUT2D eigenvalue weighted by molar-refractivity contribution is 6.32. The Hall–Kier alpha value is -2.01. The summed E-state index contributed by atoms with van der Waals surface area (Å²) in [5, 5.41) is 6.97. The predicted molar refractivity (Wildman–Crippen MR) is 75.0 cm³/mol. The van der Waals surface area contributed by atoms with Gasteiger partial charge in [-0.3, -0.25) is 4.79 Å². The molecule has 2 rings (SSSR count). The van der Waals surface area contributed by atoms with Crippen molar-refractivity contribution in [2.24, 2.45) is 0 Å². The largest absolute Gasteiger partial charge is 0.487 e. The predicted octanol–water partition coefficient (Wildman–Crippen LogP) is 2.97. The molecule has 0 radical (unpaired) electrons. The van der Waals surface area contributed by atoms with Crippen molar-refractivity contribution >= 4 is 17.5 Å². The molecule has 1 aromatic heterocycles. The van der Waals surface area contributed by atoms with Crippen LogP contribution in [0.1, 0.15) is 28.7 Å². The second kappa shape index (κ2) is 6.43. The highest BCUT2D eigenvalue weighted by Gasteiger charge is 2.19. The number of aromatic nitrogens is 1. The van der Waals surface area contributed by atoms with E-state index in [2.05, 4.69) is 10.5 Å². The molecule has 1 aromatic carbocycles. The molecule has 0 unspecified atom stereocenters. The summed E-state index contributed by atoms with van der Waals surface area (Å²) >= 11 is 6.01. The van der Waals surface area contributed by atoms with Crippen molar-refractivity contribution in [3.8, 4) is 5.75 Å². The second-order valence-corrected chi connectivity index (χ2v) is 4.55.